The minimum Gasteiger partial charge on any atom is -0.235 e. The summed E-state index contributed by atoms with van der Waals surface area (Å²) in [6.07, 6.45) is 2.98. The Bertz CT molecular complexity index is 544. The van der Waals surface area contributed by atoms with Crippen molar-refractivity contribution < 1.29 is 0 Å². The van der Waals surface area contributed by atoms with Crippen molar-refractivity contribution in [3.8, 4) is 11.9 Å². The van der Waals surface area contributed by atoms with E-state index in [1.165, 1.54) is 11.0 Å². The van der Waals surface area contributed by atoms with Gasteiger partial charge in [-0.3, -0.25) is 0 Å². The zero-order valence-electron chi connectivity index (χ0n) is 7.22. The van der Waals surface area contributed by atoms with Crippen LogP contribution in [0, 0.1) is 11.3 Å². The third-order valence-corrected chi connectivity index (χ3v) is 2.31. The van der Waals surface area contributed by atoms with E-state index >= 15 is 0 Å². The maximum atomic E-state index is 8.56. The van der Waals surface area contributed by atoms with E-state index in [1.54, 1.807) is 12.3 Å². The van der Waals surface area contributed by atoms with Crippen molar-refractivity contribution in [2.75, 3.05) is 0 Å². The Morgan fingerprint density at radius 2 is 2.27 bits per heavy atom. The van der Waals surface area contributed by atoms with E-state index in [9.17, 15) is 0 Å². The number of hydrogen-bond acceptors (Lipinski definition) is 4. The highest BCUT2D eigenvalue weighted by molar-refractivity contribution is 9.10. The van der Waals surface area contributed by atoms with Gasteiger partial charge in [0.25, 0.3) is 5.82 Å². The number of nitriles is 1. The van der Waals surface area contributed by atoms with Crippen molar-refractivity contribution in [1.29, 1.82) is 5.26 Å². The monoisotopic (exact) mass is 283 g/mol. The molecule has 0 saturated carbocycles. The molecule has 0 amide bonds. The number of hydrogen-bond donors (Lipinski definition) is 0. The Morgan fingerprint density at radius 3 is 2.87 bits per heavy atom. The van der Waals surface area contributed by atoms with Crippen LogP contribution in [-0.2, 0) is 0 Å². The van der Waals surface area contributed by atoms with Gasteiger partial charge in [0.05, 0.1) is 5.02 Å². The molecule has 0 aliphatic heterocycles. The van der Waals surface area contributed by atoms with Crippen molar-refractivity contribution in [2.45, 2.75) is 0 Å². The molecule has 0 saturated heterocycles. The lowest BCUT2D eigenvalue weighted by Crippen LogP contribution is -1.99. The molecule has 0 aliphatic rings. The third kappa shape index (κ3) is 1.98. The van der Waals surface area contributed by atoms with Gasteiger partial charge < -0.3 is 0 Å². The van der Waals surface area contributed by atoms with Crippen LogP contribution in [-0.4, -0.2) is 19.7 Å². The van der Waals surface area contributed by atoms with Gasteiger partial charge in [-0.25, -0.2) is 9.97 Å². The number of rotatable bonds is 1. The zero-order chi connectivity index (χ0) is 10.8. The molecular weight excluding hydrogens is 281 g/mol. The molecule has 7 heteroatoms. The van der Waals surface area contributed by atoms with Gasteiger partial charge in [-0.05, 0) is 22.0 Å². The van der Waals surface area contributed by atoms with Crippen LogP contribution in [0.2, 0.25) is 5.02 Å². The summed E-state index contributed by atoms with van der Waals surface area (Å²) in [7, 11) is 0. The Hall–Kier alpha value is -1.45. The molecule has 15 heavy (non-hydrogen) atoms. The van der Waals surface area contributed by atoms with Gasteiger partial charge in [0.1, 0.15) is 12.4 Å². The maximum Gasteiger partial charge on any atom is 0.252 e. The van der Waals surface area contributed by atoms with E-state index in [2.05, 4.69) is 31.0 Å². The molecule has 2 rings (SSSR count). The first-order chi connectivity index (χ1) is 7.20. The fraction of sp³-hybridized carbons (Fsp3) is 0. The van der Waals surface area contributed by atoms with E-state index in [1.807, 2.05) is 6.07 Å². The quantitative estimate of drug-likeness (QED) is 0.802. The lowest BCUT2D eigenvalue weighted by Gasteiger charge is -2.01. The Kier molecular flexibility index (Phi) is 2.66. The van der Waals surface area contributed by atoms with Crippen molar-refractivity contribution in [3.05, 3.63) is 33.9 Å². The van der Waals surface area contributed by atoms with Gasteiger partial charge in [-0.1, -0.05) is 11.6 Å². The van der Waals surface area contributed by atoms with E-state index < -0.39 is 0 Å². The number of nitrogens with zero attached hydrogens (tertiary/aromatic N) is 5. The van der Waals surface area contributed by atoms with Crippen molar-refractivity contribution in [3.63, 3.8) is 0 Å². The zero-order valence-corrected chi connectivity index (χ0v) is 9.57. The Labute approximate surface area is 98.5 Å². The van der Waals surface area contributed by atoms with Crippen LogP contribution < -0.4 is 0 Å². The van der Waals surface area contributed by atoms with Crippen molar-refractivity contribution >= 4 is 27.5 Å². The first-order valence-corrected chi connectivity index (χ1v) is 5.01. The predicted molar refractivity (Wildman–Crippen MR) is 56.6 cm³/mol. The summed E-state index contributed by atoms with van der Waals surface area (Å²) in [4.78, 5) is 7.82. The Balaban J connectivity index is 2.50. The van der Waals surface area contributed by atoms with Crippen LogP contribution >= 0.6 is 27.5 Å². The molecule has 0 fully saturated rings. The summed E-state index contributed by atoms with van der Waals surface area (Å²) in [6, 6.07) is 3.52. The van der Waals surface area contributed by atoms with Gasteiger partial charge in [0.15, 0.2) is 5.82 Å². The summed E-state index contributed by atoms with van der Waals surface area (Å²) >= 11 is 9.20. The fourth-order valence-corrected chi connectivity index (χ4v) is 1.71. The Morgan fingerprint density at radius 1 is 1.47 bits per heavy atom. The summed E-state index contributed by atoms with van der Waals surface area (Å²) in [5.74, 6) is 0.518. The first-order valence-electron chi connectivity index (χ1n) is 3.84. The fourth-order valence-electron chi connectivity index (χ4n) is 0.992. The first kappa shape index (κ1) is 10.1. The van der Waals surface area contributed by atoms with E-state index in [0.29, 0.717) is 10.8 Å². The van der Waals surface area contributed by atoms with E-state index in [0.717, 1.165) is 4.47 Å². The van der Waals surface area contributed by atoms with Gasteiger partial charge in [-0.15, -0.1) is 5.10 Å². The van der Waals surface area contributed by atoms with Crippen molar-refractivity contribution in [2.24, 2.45) is 0 Å². The standard InChI is InChI=1S/C8H3BrClN5/c9-5-1-6(10)8(12-3-5)15-4-13-7(2-11)14-15/h1,3-4H. The topological polar surface area (TPSA) is 67.4 Å². The summed E-state index contributed by atoms with van der Waals surface area (Å²) < 4.78 is 2.13. The maximum absolute atomic E-state index is 8.56. The minimum absolute atomic E-state index is 0.0794. The second-order valence-electron chi connectivity index (χ2n) is 2.58. The highest BCUT2D eigenvalue weighted by Gasteiger charge is 2.07. The molecule has 0 radical (unpaired) electrons. The molecular formula is C8H3BrClN5. The third-order valence-electron chi connectivity index (χ3n) is 1.60. The van der Waals surface area contributed by atoms with Crippen molar-refractivity contribution in [1.82, 2.24) is 19.7 Å². The highest BCUT2D eigenvalue weighted by atomic mass is 79.9. The van der Waals surface area contributed by atoms with E-state index in [4.69, 9.17) is 16.9 Å². The molecule has 2 heterocycles. The summed E-state index contributed by atoms with van der Waals surface area (Å²) in [5, 5.41) is 12.9. The number of halogens is 2. The normalized spacial score (nSPS) is 9.93. The predicted octanol–water partition coefficient (Wildman–Crippen LogP) is 1.95. The van der Waals surface area contributed by atoms with Crippen LogP contribution in [0.1, 0.15) is 5.82 Å². The molecule has 0 N–H and O–H groups in total. The molecule has 74 valence electrons. The van der Waals surface area contributed by atoms with Crippen LogP contribution in [0.4, 0.5) is 0 Å². The minimum atomic E-state index is 0.0794. The summed E-state index contributed by atoms with van der Waals surface area (Å²) in [5.41, 5.74) is 0. The molecule has 2 aromatic rings. The molecule has 0 bridgehead atoms. The molecule has 5 nitrogen and oxygen atoms in total. The second kappa shape index (κ2) is 3.96. The molecule has 0 atom stereocenters. The smallest absolute Gasteiger partial charge is 0.235 e. The largest absolute Gasteiger partial charge is 0.252 e. The molecule has 2 aromatic heterocycles. The lowest BCUT2D eigenvalue weighted by molar-refractivity contribution is 0.839. The van der Waals surface area contributed by atoms with Crippen LogP contribution in [0.25, 0.3) is 5.82 Å². The molecule has 0 aliphatic carbocycles. The van der Waals surface area contributed by atoms with Crippen LogP contribution in [0.5, 0.6) is 0 Å². The SMILES string of the molecule is N#Cc1ncn(-c2ncc(Br)cc2Cl)n1. The molecule has 0 unspecified atom stereocenters. The van der Waals surface area contributed by atoms with Crippen LogP contribution in [0.15, 0.2) is 23.1 Å². The average molecular weight is 285 g/mol. The number of pyridine rings is 1. The van der Waals surface area contributed by atoms with Gasteiger partial charge in [0, 0.05) is 10.7 Å². The second-order valence-corrected chi connectivity index (χ2v) is 3.91. The van der Waals surface area contributed by atoms with Crippen LogP contribution in [0.3, 0.4) is 0 Å². The average Bonchev–Trinajstić information content (AvgIpc) is 2.66. The highest BCUT2D eigenvalue weighted by Crippen LogP contribution is 2.21. The van der Waals surface area contributed by atoms with Gasteiger partial charge >= 0.3 is 0 Å². The van der Waals surface area contributed by atoms with E-state index in [-0.39, 0.29) is 5.82 Å². The molecule has 0 spiro atoms. The van der Waals surface area contributed by atoms with Gasteiger partial charge in [-0.2, -0.15) is 9.94 Å². The molecule has 0 aromatic carbocycles. The number of aromatic nitrogens is 4. The summed E-state index contributed by atoms with van der Waals surface area (Å²) in [6.45, 7) is 0. The lowest BCUT2D eigenvalue weighted by atomic mass is 10.4. The van der Waals surface area contributed by atoms with Gasteiger partial charge in [0.2, 0.25) is 0 Å².